The van der Waals surface area contributed by atoms with Gasteiger partial charge in [0.1, 0.15) is 0 Å². The van der Waals surface area contributed by atoms with Crippen LogP contribution in [0.4, 0.5) is 0 Å². The van der Waals surface area contributed by atoms with Gasteiger partial charge in [-0.15, -0.1) is 11.3 Å². The van der Waals surface area contributed by atoms with Gasteiger partial charge in [0.25, 0.3) is 0 Å². The summed E-state index contributed by atoms with van der Waals surface area (Å²) in [7, 11) is 0. The molecule has 0 aliphatic heterocycles. The van der Waals surface area contributed by atoms with Crippen molar-refractivity contribution in [1.29, 1.82) is 0 Å². The molecular weight excluding hydrogens is 268 g/mol. The average molecular weight is 284 g/mol. The molecule has 0 amide bonds. The highest BCUT2D eigenvalue weighted by molar-refractivity contribution is 8.03. The molecule has 2 heteroatoms. The van der Waals surface area contributed by atoms with E-state index in [0.717, 1.165) is 0 Å². The Hall–Kier alpha value is -1.25. The Morgan fingerprint density at radius 1 is 1.16 bits per heavy atom. The number of allylic oxidation sites excluding steroid dienone is 3. The second-order valence-electron chi connectivity index (χ2n) is 4.79. The van der Waals surface area contributed by atoms with Gasteiger partial charge >= 0.3 is 0 Å². The fourth-order valence-electron chi connectivity index (χ4n) is 2.14. The van der Waals surface area contributed by atoms with Gasteiger partial charge in [-0.3, -0.25) is 0 Å². The van der Waals surface area contributed by atoms with Gasteiger partial charge < -0.3 is 0 Å². The molecule has 0 N–H and O–H groups in total. The Balaban J connectivity index is 1.75. The first-order chi connectivity index (χ1) is 9.31. The van der Waals surface area contributed by atoms with Crippen LogP contribution in [0.1, 0.15) is 13.3 Å². The Morgan fingerprint density at radius 2 is 2.00 bits per heavy atom. The van der Waals surface area contributed by atoms with E-state index in [0.29, 0.717) is 5.92 Å². The molecule has 0 spiro atoms. The van der Waals surface area contributed by atoms with Gasteiger partial charge in [0.2, 0.25) is 0 Å². The molecule has 1 aromatic carbocycles. The van der Waals surface area contributed by atoms with E-state index in [1.807, 2.05) is 11.8 Å². The summed E-state index contributed by atoms with van der Waals surface area (Å²) in [5, 5.41) is 2.12. The summed E-state index contributed by atoms with van der Waals surface area (Å²) >= 11 is 3.64. The third kappa shape index (κ3) is 3.20. The highest BCUT2D eigenvalue weighted by Crippen LogP contribution is 2.33. The van der Waals surface area contributed by atoms with E-state index in [1.54, 1.807) is 11.3 Å². The van der Waals surface area contributed by atoms with E-state index in [-0.39, 0.29) is 0 Å². The van der Waals surface area contributed by atoms with Gasteiger partial charge in [0, 0.05) is 14.7 Å². The number of hydrogen-bond donors (Lipinski definition) is 0. The summed E-state index contributed by atoms with van der Waals surface area (Å²) in [5.74, 6) is 0.665. The van der Waals surface area contributed by atoms with Gasteiger partial charge in [0.15, 0.2) is 0 Å². The monoisotopic (exact) mass is 284 g/mol. The van der Waals surface area contributed by atoms with Crippen LogP contribution >= 0.6 is 23.1 Å². The predicted molar refractivity (Wildman–Crippen MR) is 86.6 cm³/mol. The Bertz CT molecular complexity index is 589. The predicted octanol–water partition coefficient (Wildman–Crippen LogP) is 5.99. The summed E-state index contributed by atoms with van der Waals surface area (Å²) in [5.41, 5.74) is 1.31. The van der Waals surface area contributed by atoms with Crippen LogP contribution in [-0.4, -0.2) is 0 Å². The minimum Gasteiger partial charge on any atom is -0.144 e. The van der Waals surface area contributed by atoms with Crippen molar-refractivity contribution in [3.63, 3.8) is 0 Å². The summed E-state index contributed by atoms with van der Waals surface area (Å²) in [6.45, 7) is 2.27. The van der Waals surface area contributed by atoms with E-state index >= 15 is 0 Å². The van der Waals surface area contributed by atoms with E-state index in [2.05, 4.69) is 66.9 Å². The van der Waals surface area contributed by atoms with Crippen LogP contribution < -0.4 is 0 Å². The summed E-state index contributed by atoms with van der Waals surface area (Å²) in [6.07, 6.45) is 8.03. The lowest BCUT2D eigenvalue weighted by Crippen LogP contribution is -1.92. The zero-order valence-corrected chi connectivity index (χ0v) is 12.5. The van der Waals surface area contributed by atoms with Crippen LogP contribution in [-0.2, 0) is 0 Å². The molecule has 1 aromatic heterocycles. The van der Waals surface area contributed by atoms with Crippen LogP contribution in [0.25, 0.3) is 10.4 Å². The quantitative estimate of drug-likeness (QED) is 0.667. The first kappa shape index (κ1) is 12.8. The fraction of sp³-hybridized carbons (Fsp3) is 0.176. The van der Waals surface area contributed by atoms with Crippen molar-refractivity contribution in [1.82, 2.24) is 0 Å². The molecule has 2 aromatic rings. The fourth-order valence-corrected chi connectivity index (χ4v) is 3.88. The van der Waals surface area contributed by atoms with Crippen molar-refractivity contribution >= 4 is 23.1 Å². The molecule has 0 saturated heterocycles. The Labute approximate surface area is 122 Å². The molecule has 1 heterocycles. The zero-order valence-electron chi connectivity index (χ0n) is 10.9. The summed E-state index contributed by atoms with van der Waals surface area (Å²) in [6, 6.07) is 13.1. The lowest BCUT2D eigenvalue weighted by molar-refractivity contribution is 0.735. The van der Waals surface area contributed by atoms with Crippen molar-refractivity contribution in [2.75, 3.05) is 0 Å². The van der Waals surface area contributed by atoms with Gasteiger partial charge in [0.05, 0.1) is 0 Å². The van der Waals surface area contributed by atoms with Crippen LogP contribution in [0, 0.1) is 5.92 Å². The minimum atomic E-state index is 0.665. The van der Waals surface area contributed by atoms with Gasteiger partial charge in [-0.05, 0) is 41.5 Å². The van der Waals surface area contributed by atoms with Gasteiger partial charge in [-0.25, -0.2) is 0 Å². The lowest BCUT2D eigenvalue weighted by Gasteiger charge is -2.11. The molecule has 1 aliphatic carbocycles. The largest absolute Gasteiger partial charge is 0.144 e. The van der Waals surface area contributed by atoms with Crippen molar-refractivity contribution in [3.05, 3.63) is 64.9 Å². The van der Waals surface area contributed by atoms with Gasteiger partial charge in [-0.1, -0.05) is 55.1 Å². The number of thioether (sulfide) groups is 1. The zero-order chi connectivity index (χ0) is 13.1. The van der Waals surface area contributed by atoms with E-state index in [9.17, 15) is 0 Å². The average Bonchev–Trinajstić information content (AvgIpc) is 2.94. The van der Waals surface area contributed by atoms with E-state index in [4.69, 9.17) is 0 Å². The maximum Gasteiger partial charge on any atom is 0.0342 e. The molecule has 0 nitrogen and oxygen atoms in total. The first-order valence-electron chi connectivity index (χ1n) is 6.51. The lowest BCUT2D eigenvalue weighted by atomic mass is 10.0. The third-order valence-corrected chi connectivity index (χ3v) is 5.07. The molecule has 0 radical (unpaired) electrons. The van der Waals surface area contributed by atoms with Crippen molar-refractivity contribution in [2.45, 2.75) is 18.2 Å². The maximum atomic E-state index is 2.36. The highest BCUT2D eigenvalue weighted by Gasteiger charge is 2.06. The molecule has 0 bridgehead atoms. The van der Waals surface area contributed by atoms with Crippen molar-refractivity contribution in [3.8, 4) is 10.4 Å². The SMILES string of the molecule is CC1C=C(Sc2ccc(-c3cccs3)cc2)C=CC1. The van der Waals surface area contributed by atoms with Crippen LogP contribution in [0.2, 0.25) is 0 Å². The molecule has 1 unspecified atom stereocenters. The molecule has 3 rings (SSSR count). The minimum absolute atomic E-state index is 0.665. The molecule has 0 fully saturated rings. The molecule has 19 heavy (non-hydrogen) atoms. The smallest absolute Gasteiger partial charge is 0.0342 e. The first-order valence-corrected chi connectivity index (χ1v) is 8.21. The number of hydrogen-bond acceptors (Lipinski definition) is 2. The number of thiophene rings is 1. The summed E-state index contributed by atoms with van der Waals surface area (Å²) in [4.78, 5) is 4.01. The topological polar surface area (TPSA) is 0 Å². The van der Waals surface area contributed by atoms with E-state index in [1.165, 1.54) is 26.7 Å². The second kappa shape index (κ2) is 5.81. The van der Waals surface area contributed by atoms with Gasteiger partial charge in [-0.2, -0.15) is 0 Å². The van der Waals surface area contributed by atoms with E-state index < -0.39 is 0 Å². The van der Waals surface area contributed by atoms with Crippen molar-refractivity contribution < 1.29 is 0 Å². The molecule has 1 aliphatic rings. The Morgan fingerprint density at radius 3 is 2.68 bits per heavy atom. The highest BCUT2D eigenvalue weighted by atomic mass is 32.2. The molecule has 1 atom stereocenters. The number of benzene rings is 1. The second-order valence-corrected chi connectivity index (χ2v) is 6.88. The standard InChI is InChI=1S/C17H16S2/c1-13-4-2-5-16(12-13)19-15-9-7-14(8-10-15)17-6-3-11-18-17/h2-3,5-13H,4H2,1H3. The molecule has 0 saturated carbocycles. The normalized spacial score (nSPS) is 18.4. The number of rotatable bonds is 3. The summed E-state index contributed by atoms with van der Waals surface area (Å²) < 4.78 is 0. The van der Waals surface area contributed by atoms with Crippen LogP contribution in [0.5, 0.6) is 0 Å². The Kier molecular flexibility index (Phi) is 3.90. The third-order valence-electron chi connectivity index (χ3n) is 3.13. The van der Waals surface area contributed by atoms with Crippen LogP contribution in [0.3, 0.4) is 0 Å². The molecule has 96 valence electrons. The molecular formula is C17H16S2. The van der Waals surface area contributed by atoms with Crippen LogP contribution in [0.15, 0.2) is 69.8 Å². The maximum absolute atomic E-state index is 2.36. The van der Waals surface area contributed by atoms with Crippen molar-refractivity contribution in [2.24, 2.45) is 5.92 Å².